The molecule has 1 rings (SSSR count). The lowest BCUT2D eigenvalue weighted by Crippen LogP contribution is -2.45. The minimum absolute atomic E-state index is 0.0103. The average Bonchev–Trinajstić information content (AvgIpc) is 2.45. The van der Waals surface area contributed by atoms with Crippen LogP contribution in [0.25, 0.3) is 0 Å². The molecule has 7 heteroatoms. The Kier molecular flexibility index (Phi) is 6.48. The smallest absolute Gasteiger partial charge is 0.312 e. The molecule has 3 N–H and O–H groups in total. The van der Waals surface area contributed by atoms with Gasteiger partial charge in [-0.05, 0) is 12.1 Å². The highest BCUT2D eigenvalue weighted by molar-refractivity contribution is 6.34. The monoisotopic (exact) mass is 267 g/mol. The fourth-order valence-electron chi connectivity index (χ4n) is 1.45. The van der Waals surface area contributed by atoms with Gasteiger partial charge in [0.15, 0.2) is 0 Å². The van der Waals surface area contributed by atoms with Crippen LogP contribution in [0.1, 0.15) is 5.69 Å². The van der Waals surface area contributed by atoms with Crippen molar-refractivity contribution in [3.8, 4) is 0 Å². The van der Waals surface area contributed by atoms with Crippen LogP contribution in [-0.4, -0.2) is 58.2 Å². The maximum absolute atomic E-state index is 11.7. The highest BCUT2D eigenvalue weighted by atomic mass is 16.3. The molecule has 0 aromatic carbocycles. The average molecular weight is 267 g/mol. The first-order valence-corrected chi connectivity index (χ1v) is 5.87. The van der Waals surface area contributed by atoms with Crippen LogP contribution < -0.4 is 5.32 Å². The van der Waals surface area contributed by atoms with Gasteiger partial charge in [0.05, 0.1) is 25.5 Å². The van der Waals surface area contributed by atoms with Crippen LogP contribution in [0.15, 0.2) is 24.4 Å². The number of carbonyl (C=O) groups excluding carboxylic acids is 2. The topological polar surface area (TPSA) is 103 Å². The summed E-state index contributed by atoms with van der Waals surface area (Å²) in [5.41, 5.74) is 0.638. The third-order valence-electron chi connectivity index (χ3n) is 2.38. The zero-order valence-corrected chi connectivity index (χ0v) is 10.5. The van der Waals surface area contributed by atoms with E-state index in [9.17, 15) is 9.59 Å². The van der Waals surface area contributed by atoms with E-state index < -0.39 is 11.8 Å². The summed E-state index contributed by atoms with van der Waals surface area (Å²) in [4.78, 5) is 28.4. The first kappa shape index (κ1) is 15.1. The van der Waals surface area contributed by atoms with Crippen molar-refractivity contribution in [2.24, 2.45) is 0 Å². The normalized spacial score (nSPS) is 10.0. The number of hydrogen-bond donors (Lipinski definition) is 3. The van der Waals surface area contributed by atoms with Crippen LogP contribution in [0.4, 0.5) is 0 Å². The Morgan fingerprint density at radius 1 is 1.21 bits per heavy atom. The van der Waals surface area contributed by atoms with Crippen molar-refractivity contribution in [1.29, 1.82) is 0 Å². The third kappa shape index (κ3) is 5.02. The fraction of sp³-hybridized carbons (Fsp3) is 0.417. The summed E-state index contributed by atoms with van der Waals surface area (Å²) < 4.78 is 0. The van der Waals surface area contributed by atoms with E-state index in [1.54, 1.807) is 24.4 Å². The van der Waals surface area contributed by atoms with Crippen molar-refractivity contribution in [3.63, 3.8) is 0 Å². The van der Waals surface area contributed by atoms with E-state index in [0.29, 0.717) is 5.69 Å². The van der Waals surface area contributed by atoms with E-state index >= 15 is 0 Å². The lowest BCUT2D eigenvalue weighted by molar-refractivity contribution is -0.146. The van der Waals surface area contributed by atoms with E-state index in [-0.39, 0.29) is 32.8 Å². The van der Waals surface area contributed by atoms with E-state index in [0.717, 1.165) is 4.90 Å². The highest BCUT2D eigenvalue weighted by Crippen LogP contribution is 1.94. The molecule has 1 heterocycles. The minimum Gasteiger partial charge on any atom is -0.395 e. The predicted molar refractivity (Wildman–Crippen MR) is 66.8 cm³/mol. The number of nitrogens with zero attached hydrogens (tertiary/aromatic N) is 2. The van der Waals surface area contributed by atoms with Crippen LogP contribution in [0.3, 0.4) is 0 Å². The Morgan fingerprint density at radius 3 is 2.42 bits per heavy atom. The molecule has 0 unspecified atom stereocenters. The van der Waals surface area contributed by atoms with Crippen LogP contribution in [0, 0.1) is 0 Å². The molecule has 7 nitrogen and oxygen atoms in total. The van der Waals surface area contributed by atoms with Gasteiger partial charge >= 0.3 is 11.8 Å². The third-order valence-corrected chi connectivity index (χ3v) is 2.38. The number of aromatic nitrogens is 1. The van der Waals surface area contributed by atoms with Gasteiger partial charge < -0.3 is 20.4 Å². The number of aliphatic hydroxyl groups is 2. The molecule has 0 spiro atoms. The Balaban J connectivity index is 2.49. The van der Waals surface area contributed by atoms with Gasteiger partial charge in [0.2, 0.25) is 0 Å². The summed E-state index contributed by atoms with van der Waals surface area (Å²) >= 11 is 0. The van der Waals surface area contributed by atoms with Gasteiger partial charge in [-0.3, -0.25) is 14.6 Å². The van der Waals surface area contributed by atoms with Crippen molar-refractivity contribution in [2.75, 3.05) is 26.3 Å². The summed E-state index contributed by atoms with van der Waals surface area (Å²) in [6.45, 7) is -0.358. The molecule has 0 saturated carbocycles. The number of nitrogens with one attached hydrogen (secondary N) is 1. The SMILES string of the molecule is O=C(NCc1ccccn1)C(=O)N(CCO)CCO. The van der Waals surface area contributed by atoms with Gasteiger partial charge in [0, 0.05) is 19.3 Å². The molecular formula is C12H17N3O4. The molecule has 19 heavy (non-hydrogen) atoms. The van der Waals surface area contributed by atoms with Crippen molar-refractivity contribution >= 4 is 11.8 Å². The molecule has 0 aliphatic heterocycles. The number of pyridine rings is 1. The second-order valence-corrected chi connectivity index (χ2v) is 3.74. The highest BCUT2D eigenvalue weighted by Gasteiger charge is 2.20. The Morgan fingerprint density at radius 2 is 1.89 bits per heavy atom. The molecule has 1 aromatic rings. The predicted octanol–water partition coefficient (Wildman–Crippen LogP) is -1.49. The molecule has 0 aliphatic carbocycles. The van der Waals surface area contributed by atoms with Crippen molar-refractivity contribution in [2.45, 2.75) is 6.54 Å². The van der Waals surface area contributed by atoms with Gasteiger partial charge in [0.25, 0.3) is 0 Å². The fourth-order valence-corrected chi connectivity index (χ4v) is 1.45. The number of amides is 2. The van der Waals surface area contributed by atoms with Crippen molar-refractivity contribution in [1.82, 2.24) is 15.2 Å². The van der Waals surface area contributed by atoms with E-state index in [2.05, 4.69) is 10.3 Å². The lowest BCUT2D eigenvalue weighted by Gasteiger charge is -2.19. The zero-order valence-electron chi connectivity index (χ0n) is 10.5. The van der Waals surface area contributed by atoms with Gasteiger partial charge in [-0.1, -0.05) is 6.07 Å². The van der Waals surface area contributed by atoms with Crippen molar-refractivity contribution < 1.29 is 19.8 Å². The Labute approximate surface area is 110 Å². The summed E-state index contributed by atoms with van der Waals surface area (Å²) in [6.07, 6.45) is 1.59. The number of carbonyl (C=O) groups is 2. The molecular weight excluding hydrogens is 250 g/mol. The van der Waals surface area contributed by atoms with Crippen molar-refractivity contribution in [3.05, 3.63) is 30.1 Å². The Bertz CT molecular complexity index is 405. The molecule has 104 valence electrons. The molecule has 0 fully saturated rings. The zero-order chi connectivity index (χ0) is 14.1. The standard InChI is InChI=1S/C12H17N3O4/c16-7-5-15(6-8-17)12(19)11(18)14-9-10-3-1-2-4-13-10/h1-4,16-17H,5-9H2,(H,14,18). The lowest BCUT2D eigenvalue weighted by atomic mass is 10.3. The summed E-state index contributed by atoms with van der Waals surface area (Å²) in [5.74, 6) is -1.56. The minimum atomic E-state index is -0.785. The summed E-state index contributed by atoms with van der Waals surface area (Å²) in [7, 11) is 0. The van der Waals surface area contributed by atoms with Gasteiger partial charge in [-0.2, -0.15) is 0 Å². The molecule has 2 amide bonds. The summed E-state index contributed by atoms with van der Waals surface area (Å²) in [6, 6.07) is 5.25. The molecule has 0 atom stereocenters. The number of rotatable bonds is 6. The second-order valence-electron chi connectivity index (χ2n) is 3.74. The first-order valence-electron chi connectivity index (χ1n) is 5.87. The van der Waals surface area contributed by atoms with E-state index in [1.165, 1.54) is 0 Å². The van der Waals surface area contributed by atoms with E-state index in [4.69, 9.17) is 10.2 Å². The van der Waals surface area contributed by atoms with Crippen LogP contribution in [0.5, 0.6) is 0 Å². The molecule has 1 aromatic heterocycles. The number of hydrogen-bond acceptors (Lipinski definition) is 5. The molecule has 0 saturated heterocycles. The van der Waals surface area contributed by atoms with Crippen LogP contribution >= 0.6 is 0 Å². The largest absolute Gasteiger partial charge is 0.395 e. The second kappa shape index (κ2) is 8.17. The van der Waals surface area contributed by atoms with Gasteiger partial charge in [-0.25, -0.2) is 0 Å². The van der Waals surface area contributed by atoms with Crippen LogP contribution in [0.2, 0.25) is 0 Å². The maximum Gasteiger partial charge on any atom is 0.312 e. The molecule has 0 aliphatic rings. The van der Waals surface area contributed by atoms with Gasteiger partial charge in [0.1, 0.15) is 0 Å². The molecule has 0 bridgehead atoms. The van der Waals surface area contributed by atoms with Gasteiger partial charge in [-0.15, -0.1) is 0 Å². The van der Waals surface area contributed by atoms with Crippen LogP contribution in [-0.2, 0) is 16.1 Å². The Hall–Kier alpha value is -1.99. The number of aliphatic hydroxyl groups excluding tert-OH is 2. The van der Waals surface area contributed by atoms with E-state index in [1.807, 2.05) is 0 Å². The first-order chi connectivity index (χ1) is 9.19. The molecule has 0 radical (unpaired) electrons. The summed E-state index contributed by atoms with van der Waals surface area (Å²) in [5, 5.41) is 20.0. The maximum atomic E-state index is 11.7. The quantitative estimate of drug-likeness (QED) is 0.545.